The predicted molar refractivity (Wildman–Crippen MR) is 92.2 cm³/mol. The highest BCUT2D eigenvalue weighted by Crippen LogP contribution is 2.32. The van der Waals surface area contributed by atoms with E-state index in [-0.39, 0.29) is 41.2 Å². The van der Waals surface area contributed by atoms with Gasteiger partial charge in [-0.15, -0.1) is 0 Å². The molecule has 8 heteroatoms. The lowest BCUT2D eigenvalue weighted by Crippen LogP contribution is -2.47. The average Bonchev–Trinajstić information content (AvgIpc) is 2.90. The molecule has 7 nitrogen and oxygen atoms in total. The van der Waals surface area contributed by atoms with Gasteiger partial charge in [0.2, 0.25) is 11.8 Å². The van der Waals surface area contributed by atoms with E-state index < -0.39 is 9.84 Å². The van der Waals surface area contributed by atoms with Gasteiger partial charge in [0.15, 0.2) is 9.84 Å². The minimum Gasteiger partial charge on any atom is -0.352 e. The molecule has 2 rings (SSSR count). The molecule has 0 spiro atoms. The monoisotopic (exact) mass is 359 g/mol. The van der Waals surface area contributed by atoms with Gasteiger partial charge in [0.05, 0.1) is 11.5 Å². The largest absolute Gasteiger partial charge is 0.352 e. The molecule has 138 valence electrons. The first-order valence-electron chi connectivity index (χ1n) is 8.74. The summed E-state index contributed by atoms with van der Waals surface area (Å²) in [5, 5.41) is 5.89. The molecule has 0 aromatic carbocycles. The second-order valence-corrected chi connectivity index (χ2v) is 9.20. The fourth-order valence-corrected chi connectivity index (χ4v) is 5.30. The molecule has 3 atom stereocenters. The van der Waals surface area contributed by atoms with E-state index >= 15 is 0 Å². The fourth-order valence-electron chi connectivity index (χ4n) is 3.63. The Morgan fingerprint density at radius 1 is 1.12 bits per heavy atom. The molecule has 1 heterocycles. The Labute approximate surface area is 144 Å². The maximum absolute atomic E-state index is 12.7. The minimum atomic E-state index is -3.02. The predicted octanol–water partition coefficient (Wildman–Crippen LogP) is -0.226. The van der Waals surface area contributed by atoms with E-state index in [1.165, 1.54) is 0 Å². The average molecular weight is 359 g/mol. The molecule has 3 unspecified atom stereocenters. The maximum Gasteiger partial charge on any atom is 0.226 e. The number of sulfone groups is 1. The third-order valence-corrected chi connectivity index (χ3v) is 6.84. The Hall–Kier alpha value is -1.15. The fraction of sp³-hybridized carbons (Fsp3) is 0.875. The lowest BCUT2D eigenvalue weighted by molar-refractivity contribution is -0.142. The van der Waals surface area contributed by atoms with Crippen LogP contribution in [0, 0.1) is 11.8 Å². The normalized spacial score (nSPS) is 29.2. The summed E-state index contributed by atoms with van der Waals surface area (Å²) in [6, 6.07) is -0.304. The number of likely N-dealkylation sites (N-methyl/N-ethyl adjacent to an activating group) is 2. The van der Waals surface area contributed by atoms with Crippen LogP contribution < -0.4 is 10.6 Å². The van der Waals surface area contributed by atoms with Gasteiger partial charge in [-0.25, -0.2) is 8.42 Å². The van der Waals surface area contributed by atoms with Crippen molar-refractivity contribution in [2.45, 2.75) is 38.1 Å². The third-order valence-electron chi connectivity index (χ3n) is 5.07. The van der Waals surface area contributed by atoms with Crippen molar-refractivity contribution in [3.05, 3.63) is 0 Å². The molecule has 0 aromatic heterocycles. The Morgan fingerprint density at radius 2 is 1.79 bits per heavy atom. The van der Waals surface area contributed by atoms with E-state index in [1.807, 2.05) is 7.05 Å². The lowest BCUT2D eigenvalue weighted by atomic mass is 9.77. The Bertz CT molecular complexity index is 564. The van der Waals surface area contributed by atoms with Crippen molar-refractivity contribution in [1.82, 2.24) is 15.5 Å². The van der Waals surface area contributed by atoms with Crippen LogP contribution in [-0.4, -0.2) is 69.9 Å². The van der Waals surface area contributed by atoms with Crippen molar-refractivity contribution in [3.63, 3.8) is 0 Å². The number of hydrogen-bond acceptors (Lipinski definition) is 5. The summed E-state index contributed by atoms with van der Waals surface area (Å²) in [5.41, 5.74) is 0. The van der Waals surface area contributed by atoms with E-state index in [2.05, 4.69) is 10.6 Å². The van der Waals surface area contributed by atoms with Crippen molar-refractivity contribution < 1.29 is 18.0 Å². The zero-order valence-electron chi connectivity index (χ0n) is 14.6. The van der Waals surface area contributed by atoms with Crippen LogP contribution in [0.15, 0.2) is 0 Å². The van der Waals surface area contributed by atoms with Gasteiger partial charge < -0.3 is 15.5 Å². The van der Waals surface area contributed by atoms with Crippen LogP contribution >= 0.6 is 0 Å². The molecular weight excluding hydrogens is 330 g/mol. The third kappa shape index (κ3) is 4.92. The highest BCUT2D eigenvalue weighted by Gasteiger charge is 2.38. The van der Waals surface area contributed by atoms with Crippen LogP contribution in [0.4, 0.5) is 0 Å². The lowest BCUT2D eigenvalue weighted by Gasteiger charge is -2.33. The van der Waals surface area contributed by atoms with E-state index in [4.69, 9.17) is 0 Å². The first-order chi connectivity index (χ1) is 11.3. The second kappa shape index (κ2) is 8.29. The van der Waals surface area contributed by atoms with E-state index in [1.54, 1.807) is 11.9 Å². The van der Waals surface area contributed by atoms with Gasteiger partial charge in [-0.3, -0.25) is 9.59 Å². The van der Waals surface area contributed by atoms with Crippen molar-refractivity contribution in [1.29, 1.82) is 0 Å². The Morgan fingerprint density at radius 3 is 2.38 bits per heavy atom. The maximum atomic E-state index is 12.7. The molecule has 1 aliphatic heterocycles. The zero-order valence-corrected chi connectivity index (χ0v) is 15.4. The van der Waals surface area contributed by atoms with Gasteiger partial charge in [0, 0.05) is 38.0 Å². The highest BCUT2D eigenvalue weighted by molar-refractivity contribution is 7.91. The summed E-state index contributed by atoms with van der Waals surface area (Å²) in [6.45, 7) is 1.33. The number of hydrogen-bond donors (Lipinski definition) is 2. The number of rotatable bonds is 6. The zero-order chi connectivity index (χ0) is 17.7. The quantitative estimate of drug-likeness (QED) is 0.683. The number of carbonyl (C=O) groups is 2. The van der Waals surface area contributed by atoms with Crippen molar-refractivity contribution in [3.8, 4) is 0 Å². The van der Waals surface area contributed by atoms with Gasteiger partial charge >= 0.3 is 0 Å². The summed E-state index contributed by atoms with van der Waals surface area (Å²) >= 11 is 0. The van der Waals surface area contributed by atoms with Crippen molar-refractivity contribution in [2.24, 2.45) is 11.8 Å². The molecule has 24 heavy (non-hydrogen) atoms. The van der Waals surface area contributed by atoms with Crippen molar-refractivity contribution >= 4 is 21.7 Å². The van der Waals surface area contributed by atoms with E-state index in [0.29, 0.717) is 25.9 Å². The molecular formula is C16H29N3O4S. The summed E-state index contributed by atoms with van der Waals surface area (Å²) in [7, 11) is 0.587. The Kier molecular flexibility index (Phi) is 6.62. The van der Waals surface area contributed by atoms with E-state index in [9.17, 15) is 18.0 Å². The van der Waals surface area contributed by atoms with Crippen LogP contribution in [0.1, 0.15) is 32.1 Å². The molecule has 1 saturated heterocycles. The van der Waals surface area contributed by atoms with Crippen LogP contribution in [-0.2, 0) is 19.4 Å². The van der Waals surface area contributed by atoms with Crippen LogP contribution in [0.3, 0.4) is 0 Å². The summed E-state index contributed by atoms with van der Waals surface area (Å²) in [5.74, 6) is -0.615. The highest BCUT2D eigenvalue weighted by atomic mass is 32.2. The SMILES string of the molecule is CNCCN(C)C(=O)C1CCCCC1C(=O)NC1CCS(=O)(=O)C1. The van der Waals surface area contributed by atoms with Crippen LogP contribution in [0.5, 0.6) is 0 Å². The molecule has 0 aromatic rings. The molecule has 2 N–H and O–H groups in total. The van der Waals surface area contributed by atoms with Gasteiger partial charge in [-0.2, -0.15) is 0 Å². The topological polar surface area (TPSA) is 95.6 Å². The van der Waals surface area contributed by atoms with Crippen LogP contribution in [0.2, 0.25) is 0 Å². The molecule has 1 aliphatic carbocycles. The number of nitrogens with one attached hydrogen (secondary N) is 2. The van der Waals surface area contributed by atoms with Gasteiger partial charge in [-0.05, 0) is 26.3 Å². The standard InChI is InChI=1S/C16H29N3O4S/c1-17-8-9-19(2)16(21)14-6-4-3-5-13(14)15(20)18-12-7-10-24(22,23)11-12/h12-14,17H,3-11H2,1-2H3,(H,18,20). The van der Waals surface area contributed by atoms with Crippen LogP contribution in [0.25, 0.3) is 0 Å². The molecule has 1 saturated carbocycles. The van der Waals surface area contributed by atoms with Gasteiger partial charge in [0.1, 0.15) is 0 Å². The molecule has 0 bridgehead atoms. The second-order valence-electron chi connectivity index (χ2n) is 6.97. The number of nitrogens with zero attached hydrogens (tertiary/aromatic N) is 1. The Balaban J connectivity index is 1.97. The molecule has 0 radical (unpaired) electrons. The molecule has 2 amide bonds. The minimum absolute atomic E-state index is 0.0177. The smallest absolute Gasteiger partial charge is 0.226 e. The van der Waals surface area contributed by atoms with E-state index in [0.717, 1.165) is 19.3 Å². The molecule has 2 fully saturated rings. The van der Waals surface area contributed by atoms with Gasteiger partial charge in [-0.1, -0.05) is 12.8 Å². The van der Waals surface area contributed by atoms with Crippen molar-refractivity contribution in [2.75, 3.05) is 38.7 Å². The first kappa shape index (κ1) is 19.2. The summed E-state index contributed by atoms with van der Waals surface area (Å²) < 4.78 is 23.1. The summed E-state index contributed by atoms with van der Waals surface area (Å²) in [4.78, 5) is 27.0. The van der Waals surface area contributed by atoms with Gasteiger partial charge in [0.25, 0.3) is 0 Å². The number of carbonyl (C=O) groups excluding carboxylic acids is 2. The first-order valence-corrected chi connectivity index (χ1v) is 10.6. The summed E-state index contributed by atoms with van der Waals surface area (Å²) in [6.07, 6.45) is 3.79. The number of amides is 2. The molecule has 2 aliphatic rings.